The third-order valence-electron chi connectivity index (χ3n) is 5.73. The second-order valence-corrected chi connectivity index (χ2v) is 6.89. The maximum atomic E-state index is 12.4. The summed E-state index contributed by atoms with van der Waals surface area (Å²) in [6.45, 7) is 4.34. The van der Waals surface area contributed by atoms with Crippen LogP contribution < -0.4 is 0 Å². The number of fused-ring (bicyclic) bond motifs is 5. The van der Waals surface area contributed by atoms with Gasteiger partial charge in [0, 0.05) is 29.7 Å². The first kappa shape index (κ1) is 14.8. The number of methoxy groups -OCH3 is 1. The van der Waals surface area contributed by atoms with Crippen molar-refractivity contribution >= 4 is 16.9 Å². The van der Waals surface area contributed by atoms with Crippen molar-refractivity contribution in [2.75, 3.05) is 20.2 Å². The third kappa shape index (κ3) is 2.27. The van der Waals surface area contributed by atoms with Crippen LogP contribution in [0.3, 0.4) is 0 Å². The standard InChI is InChI=1S/C19H24N2O2/c1-3-12-10-15(19(22)23-2)18-17-14(8-9-21(18)11-12)13-6-4-5-7-16(13)20-17/h4-7,12,15,18,20H,3,8-11H2,1-2H3/t12-,15-,18-/m1/s1. The predicted molar refractivity (Wildman–Crippen MR) is 90.2 cm³/mol. The lowest BCUT2D eigenvalue weighted by Gasteiger charge is -2.45. The Morgan fingerprint density at radius 3 is 3.00 bits per heavy atom. The van der Waals surface area contributed by atoms with Gasteiger partial charge in [0.25, 0.3) is 0 Å². The number of H-pyrrole nitrogens is 1. The van der Waals surface area contributed by atoms with Crippen molar-refractivity contribution in [2.45, 2.75) is 32.2 Å². The number of carbonyl (C=O) groups is 1. The largest absolute Gasteiger partial charge is 0.469 e. The molecule has 0 unspecified atom stereocenters. The van der Waals surface area contributed by atoms with Crippen LogP contribution in [0, 0.1) is 11.8 Å². The van der Waals surface area contributed by atoms with Gasteiger partial charge >= 0.3 is 5.97 Å². The van der Waals surface area contributed by atoms with Gasteiger partial charge in [-0.2, -0.15) is 0 Å². The number of hydrogen-bond acceptors (Lipinski definition) is 3. The van der Waals surface area contributed by atoms with E-state index < -0.39 is 0 Å². The summed E-state index contributed by atoms with van der Waals surface area (Å²) in [5, 5.41) is 1.31. The molecule has 2 aromatic rings. The summed E-state index contributed by atoms with van der Waals surface area (Å²) in [5.41, 5.74) is 3.81. The quantitative estimate of drug-likeness (QED) is 0.866. The molecule has 0 bridgehead atoms. The van der Waals surface area contributed by atoms with Gasteiger partial charge in [-0.25, -0.2) is 0 Å². The average Bonchev–Trinajstić information content (AvgIpc) is 2.98. The van der Waals surface area contributed by atoms with Crippen molar-refractivity contribution in [1.29, 1.82) is 0 Å². The highest BCUT2D eigenvalue weighted by Gasteiger charge is 2.44. The molecule has 2 aliphatic heterocycles. The SMILES string of the molecule is CC[C@@H]1C[C@@H](C(=O)OC)[C@@H]2c3[nH]c4ccccc4c3CCN2C1. The number of hydrogen-bond donors (Lipinski definition) is 1. The van der Waals surface area contributed by atoms with Crippen LogP contribution in [0.25, 0.3) is 10.9 Å². The zero-order valence-corrected chi connectivity index (χ0v) is 13.8. The Balaban J connectivity index is 1.81. The van der Waals surface area contributed by atoms with Crippen molar-refractivity contribution in [3.8, 4) is 0 Å². The zero-order chi connectivity index (χ0) is 16.0. The van der Waals surface area contributed by atoms with E-state index in [1.54, 1.807) is 0 Å². The molecule has 0 aliphatic carbocycles. The Morgan fingerprint density at radius 2 is 2.22 bits per heavy atom. The van der Waals surface area contributed by atoms with E-state index in [1.165, 1.54) is 29.3 Å². The molecule has 2 aliphatic rings. The van der Waals surface area contributed by atoms with Crippen LogP contribution in [-0.2, 0) is 16.0 Å². The Morgan fingerprint density at radius 1 is 1.39 bits per heavy atom. The summed E-state index contributed by atoms with van der Waals surface area (Å²) in [6.07, 6.45) is 3.11. The van der Waals surface area contributed by atoms with E-state index in [4.69, 9.17) is 4.74 Å². The van der Waals surface area contributed by atoms with Gasteiger partial charge < -0.3 is 9.72 Å². The highest BCUT2D eigenvalue weighted by atomic mass is 16.5. The molecule has 1 aromatic carbocycles. The highest BCUT2D eigenvalue weighted by molar-refractivity contribution is 5.85. The maximum absolute atomic E-state index is 12.4. The lowest BCUT2D eigenvalue weighted by molar-refractivity contribution is -0.151. The molecule has 0 spiro atoms. The normalized spacial score (nSPS) is 27.5. The molecule has 0 amide bonds. The molecule has 122 valence electrons. The number of esters is 1. The van der Waals surface area contributed by atoms with Crippen LogP contribution in [0.4, 0.5) is 0 Å². The predicted octanol–water partition coefficient (Wildman–Crippen LogP) is 3.29. The molecule has 0 saturated carbocycles. The number of aromatic amines is 1. The van der Waals surface area contributed by atoms with Crippen LogP contribution in [0.5, 0.6) is 0 Å². The van der Waals surface area contributed by atoms with Crippen molar-refractivity contribution in [2.24, 2.45) is 11.8 Å². The van der Waals surface area contributed by atoms with Gasteiger partial charge in [-0.05, 0) is 30.4 Å². The van der Waals surface area contributed by atoms with Crippen LogP contribution in [-0.4, -0.2) is 36.1 Å². The molecular formula is C19H24N2O2. The summed E-state index contributed by atoms with van der Waals surface area (Å²) in [6, 6.07) is 8.61. The van der Waals surface area contributed by atoms with Crippen LogP contribution >= 0.6 is 0 Å². The van der Waals surface area contributed by atoms with Crippen molar-refractivity contribution < 1.29 is 9.53 Å². The Labute approximate surface area is 136 Å². The number of benzene rings is 1. The summed E-state index contributed by atoms with van der Waals surface area (Å²) < 4.78 is 5.14. The first-order valence-electron chi connectivity index (χ1n) is 8.64. The highest BCUT2D eigenvalue weighted by Crippen LogP contribution is 2.44. The lowest BCUT2D eigenvalue weighted by atomic mass is 9.77. The minimum absolute atomic E-state index is 0.0641. The van der Waals surface area contributed by atoms with Gasteiger partial charge in [0.15, 0.2) is 0 Å². The van der Waals surface area contributed by atoms with Crippen molar-refractivity contribution in [3.05, 3.63) is 35.5 Å². The van der Waals surface area contributed by atoms with E-state index in [1.807, 2.05) is 0 Å². The molecule has 1 fully saturated rings. The van der Waals surface area contributed by atoms with E-state index in [9.17, 15) is 4.79 Å². The van der Waals surface area contributed by atoms with E-state index >= 15 is 0 Å². The molecule has 3 heterocycles. The van der Waals surface area contributed by atoms with E-state index in [-0.39, 0.29) is 17.9 Å². The smallest absolute Gasteiger partial charge is 0.310 e. The monoisotopic (exact) mass is 312 g/mol. The molecule has 1 aromatic heterocycles. The zero-order valence-electron chi connectivity index (χ0n) is 13.8. The van der Waals surface area contributed by atoms with Gasteiger partial charge in [0.1, 0.15) is 0 Å². The summed E-state index contributed by atoms with van der Waals surface area (Å²) in [5.74, 6) is 0.455. The van der Waals surface area contributed by atoms with E-state index in [0.29, 0.717) is 5.92 Å². The molecule has 4 nitrogen and oxygen atoms in total. The number of piperidine rings is 1. The topological polar surface area (TPSA) is 45.3 Å². The molecule has 4 rings (SSSR count). The molecular weight excluding hydrogens is 288 g/mol. The summed E-state index contributed by atoms with van der Waals surface area (Å²) >= 11 is 0. The van der Waals surface area contributed by atoms with Gasteiger partial charge in [-0.1, -0.05) is 31.5 Å². The maximum Gasteiger partial charge on any atom is 0.310 e. The number of nitrogens with one attached hydrogen (secondary N) is 1. The molecule has 1 N–H and O–H groups in total. The Bertz CT molecular complexity index is 736. The molecule has 0 radical (unpaired) electrons. The summed E-state index contributed by atoms with van der Waals surface area (Å²) in [7, 11) is 1.51. The lowest BCUT2D eigenvalue weighted by Crippen LogP contribution is -2.49. The first-order valence-corrected chi connectivity index (χ1v) is 8.64. The fraction of sp³-hybridized carbons (Fsp3) is 0.526. The number of carbonyl (C=O) groups excluding carboxylic acids is 1. The molecule has 3 atom stereocenters. The fourth-order valence-corrected chi connectivity index (χ4v) is 4.55. The van der Waals surface area contributed by atoms with Crippen LogP contribution in [0.15, 0.2) is 24.3 Å². The fourth-order valence-electron chi connectivity index (χ4n) is 4.55. The molecule has 4 heteroatoms. The van der Waals surface area contributed by atoms with Gasteiger partial charge in [-0.15, -0.1) is 0 Å². The van der Waals surface area contributed by atoms with E-state index in [2.05, 4.69) is 41.1 Å². The van der Waals surface area contributed by atoms with E-state index in [0.717, 1.165) is 32.4 Å². The minimum Gasteiger partial charge on any atom is -0.469 e. The average molecular weight is 312 g/mol. The molecule has 1 saturated heterocycles. The van der Waals surface area contributed by atoms with Gasteiger partial charge in [0.05, 0.1) is 19.1 Å². The minimum atomic E-state index is -0.0651. The number of nitrogens with zero attached hydrogens (tertiary/aromatic N) is 1. The van der Waals surface area contributed by atoms with Crippen molar-refractivity contribution in [3.63, 3.8) is 0 Å². The molecule has 23 heavy (non-hydrogen) atoms. The van der Waals surface area contributed by atoms with Crippen LogP contribution in [0.1, 0.15) is 37.1 Å². The second kappa shape index (κ2) is 5.68. The van der Waals surface area contributed by atoms with Crippen LogP contribution in [0.2, 0.25) is 0 Å². The second-order valence-electron chi connectivity index (χ2n) is 6.89. The first-order chi connectivity index (χ1) is 11.2. The number of rotatable bonds is 2. The van der Waals surface area contributed by atoms with Gasteiger partial charge in [0.2, 0.25) is 0 Å². The van der Waals surface area contributed by atoms with Crippen molar-refractivity contribution in [1.82, 2.24) is 9.88 Å². The number of ether oxygens (including phenoxy) is 1. The number of para-hydroxylation sites is 1. The summed E-state index contributed by atoms with van der Waals surface area (Å²) in [4.78, 5) is 18.6. The Kier molecular flexibility index (Phi) is 3.64. The number of aromatic nitrogens is 1. The van der Waals surface area contributed by atoms with Gasteiger partial charge in [-0.3, -0.25) is 9.69 Å². The Hall–Kier alpha value is -1.81. The third-order valence-corrected chi connectivity index (χ3v) is 5.73.